The molecule has 0 saturated carbocycles. The van der Waals surface area contributed by atoms with Crippen molar-refractivity contribution in [2.24, 2.45) is 0 Å². The van der Waals surface area contributed by atoms with E-state index >= 15 is 0 Å². The summed E-state index contributed by atoms with van der Waals surface area (Å²) >= 11 is 3.13. The molecular weight excluding hydrogens is 317 g/mol. The summed E-state index contributed by atoms with van der Waals surface area (Å²) in [5, 5.41) is 20.3. The van der Waals surface area contributed by atoms with E-state index in [2.05, 4.69) is 22.6 Å². The average molecular weight is 321 g/mol. The maximum Gasteiger partial charge on any atom is 0.330 e. The summed E-state index contributed by atoms with van der Waals surface area (Å²) in [6, 6.07) is 5.23. The first kappa shape index (κ1) is 9.66. The third-order valence-corrected chi connectivity index (χ3v) is 4.10. The second-order valence-electron chi connectivity index (χ2n) is 2.63. The van der Waals surface area contributed by atoms with Gasteiger partial charge in [-0.25, -0.2) is 0 Å². The summed E-state index contributed by atoms with van der Waals surface area (Å²) in [5.74, 6) is 0. The van der Waals surface area contributed by atoms with E-state index < -0.39 is 4.92 Å². The van der Waals surface area contributed by atoms with Crippen LogP contribution in [0.3, 0.4) is 0 Å². The normalized spacial score (nSPS) is 10.6. The second-order valence-corrected chi connectivity index (χ2v) is 4.79. The van der Waals surface area contributed by atoms with E-state index in [4.69, 9.17) is 0 Å². The predicted octanol–water partition coefficient (Wildman–Crippen LogP) is 3.12. The zero-order chi connectivity index (χ0) is 10.3. The predicted molar refractivity (Wildman–Crippen MR) is 62.9 cm³/mol. The molecule has 1 heterocycles. The quantitative estimate of drug-likeness (QED) is 0.499. The molecular formula is C8H4INO3S. The SMILES string of the molecule is O=[N+]([O-])c1c(O)sc2c(I)cccc12. The lowest BCUT2D eigenvalue weighted by Gasteiger charge is -1.91. The average Bonchev–Trinajstić information content (AvgIpc) is 2.42. The first-order valence-corrected chi connectivity index (χ1v) is 5.55. The van der Waals surface area contributed by atoms with Crippen LogP contribution in [0.1, 0.15) is 0 Å². The number of nitro groups is 1. The Kier molecular flexibility index (Phi) is 2.31. The number of benzene rings is 1. The molecule has 4 nitrogen and oxygen atoms in total. The fourth-order valence-corrected chi connectivity index (χ4v) is 2.98. The standard InChI is InChI=1S/C8H4INO3S/c9-5-3-1-2-4-6(10(12)13)8(11)14-7(4)5/h1-3,11H. The van der Waals surface area contributed by atoms with Gasteiger partial charge in [0.1, 0.15) is 0 Å². The highest BCUT2D eigenvalue weighted by Gasteiger charge is 2.22. The highest BCUT2D eigenvalue weighted by molar-refractivity contribution is 14.1. The van der Waals surface area contributed by atoms with Crippen LogP contribution in [-0.4, -0.2) is 10.0 Å². The zero-order valence-corrected chi connectivity index (χ0v) is 9.70. The molecule has 0 aliphatic rings. The van der Waals surface area contributed by atoms with E-state index in [9.17, 15) is 15.2 Å². The van der Waals surface area contributed by atoms with Crippen LogP contribution in [0.15, 0.2) is 18.2 Å². The highest BCUT2D eigenvalue weighted by atomic mass is 127. The van der Waals surface area contributed by atoms with Gasteiger partial charge in [-0.05, 0) is 34.7 Å². The van der Waals surface area contributed by atoms with Crippen LogP contribution < -0.4 is 0 Å². The van der Waals surface area contributed by atoms with Crippen molar-refractivity contribution in [1.82, 2.24) is 0 Å². The molecule has 0 amide bonds. The van der Waals surface area contributed by atoms with Gasteiger partial charge in [-0.15, -0.1) is 0 Å². The lowest BCUT2D eigenvalue weighted by molar-refractivity contribution is -0.383. The third-order valence-electron chi connectivity index (χ3n) is 1.81. The minimum absolute atomic E-state index is 0.191. The van der Waals surface area contributed by atoms with E-state index in [1.165, 1.54) is 0 Å². The van der Waals surface area contributed by atoms with Gasteiger partial charge in [-0.1, -0.05) is 17.4 Å². The molecule has 0 spiro atoms. The van der Waals surface area contributed by atoms with E-state index in [-0.39, 0.29) is 10.8 Å². The molecule has 1 aromatic heterocycles. The van der Waals surface area contributed by atoms with Gasteiger partial charge in [-0.2, -0.15) is 0 Å². The summed E-state index contributed by atoms with van der Waals surface area (Å²) in [7, 11) is 0. The van der Waals surface area contributed by atoms with Gasteiger partial charge < -0.3 is 5.11 Å². The highest BCUT2D eigenvalue weighted by Crippen LogP contribution is 2.43. The van der Waals surface area contributed by atoms with Gasteiger partial charge in [0, 0.05) is 3.57 Å². The molecule has 14 heavy (non-hydrogen) atoms. The minimum Gasteiger partial charge on any atom is -0.495 e. The van der Waals surface area contributed by atoms with Gasteiger partial charge in [0.2, 0.25) is 0 Å². The monoisotopic (exact) mass is 321 g/mol. The van der Waals surface area contributed by atoms with E-state index in [1.54, 1.807) is 12.1 Å². The molecule has 0 bridgehead atoms. The Morgan fingerprint density at radius 1 is 1.50 bits per heavy atom. The topological polar surface area (TPSA) is 63.4 Å². The smallest absolute Gasteiger partial charge is 0.330 e. The van der Waals surface area contributed by atoms with Crippen LogP contribution in [-0.2, 0) is 0 Å². The van der Waals surface area contributed by atoms with Crippen molar-refractivity contribution in [2.45, 2.75) is 0 Å². The van der Waals surface area contributed by atoms with Crippen LogP contribution in [0.2, 0.25) is 0 Å². The molecule has 0 fully saturated rings. The summed E-state index contributed by atoms with van der Waals surface area (Å²) in [4.78, 5) is 10.1. The largest absolute Gasteiger partial charge is 0.495 e. The number of hydrogen-bond donors (Lipinski definition) is 1. The Balaban J connectivity index is 2.90. The molecule has 0 saturated heterocycles. The Labute approximate surface area is 96.5 Å². The van der Waals surface area contributed by atoms with Crippen molar-refractivity contribution in [3.63, 3.8) is 0 Å². The molecule has 72 valence electrons. The summed E-state index contributed by atoms with van der Waals surface area (Å²) in [5.41, 5.74) is -0.191. The Morgan fingerprint density at radius 3 is 2.86 bits per heavy atom. The van der Waals surface area contributed by atoms with E-state index in [0.717, 1.165) is 19.6 Å². The van der Waals surface area contributed by atoms with Gasteiger partial charge in [-0.3, -0.25) is 10.1 Å². The van der Waals surface area contributed by atoms with Crippen molar-refractivity contribution < 1.29 is 10.0 Å². The van der Waals surface area contributed by atoms with Crippen molar-refractivity contribution >= 4 is 49.7 Å². The number of halogens is 1. The zero-order valence-electron chi connectivity index (χ0n) is 6.73. The number of rotatable bonds is 1. The summed E-state index contributed by atoms with van der Waals surface area (Å²) in [6.07, 6.45) is 0. The Hall–Kier alpha value is -0.890. The van der Waals surface area contributed by atoms with Crippen molar-refractivity contribution in [2.75, 3.05) is 0 Å². The molecule has 0 atom stereocenters. The van der Waals surface area contributed by atoms with E-state index in [0.29, 0.717) is 5.39 Å². The maximum absolute atomic E-state index is 10.7. The van der Waals surface area contributed by atoms with Crippen molar-refractivity contribution in [1.29, 1.82) is 0 Å². The first-order chi connectivity index (χ1) is 6.61. The summed E-state index contributed by atoms with van der Waals surface area (Å²) < 4.78 is 1.67. The fraction of sp³-hybridized carbons (Fsp3) is 0. The van der Waals surface area contributed by atoms with Crippen LogP contribution >= 0.6 is 33.9 Å². The van der Waals surface area contributed by atoms with Gasteiger partial charge in [0.25, 0.3) is 5.06 Å². The van der Waals surface area contributed by atoms with Crippen LogP contribution in [0.4, 0.5) is 5.69 Å². The van der Waals surface area contributed by atoms with Crippen LogP contribution in [0, 0.1) is 13.7 Å². The number of aromatic hydroxyl groups is 1. The number of hydrogen-bond acceptors (Lipinski definition) is 4. The first-order valence-electron chi connectivity index (χ1n) is 3.65. The van der Waals surface area contributed by atoms with Gasteiger partial charge in [0.05, 0.1) is 15.0 Å². The van der Waals surface area contributed by atoms with Crippen LogP contribution in [0.25, 0.3) is 10.1 Å². The molecule has 2 rings (SSSR count). The van der Waals surface area contributed by atoms with Gasteiger partial charge >= 0.3 is 5.69 Å². The number of thiophene rings is 1. The van der Waals surface area contributed by atoms with Crippen molar-refractivity contribution in [3.05, 3.63) is 31.9 Å². The molecule has 1 N–H and O–H groups in total. The molecule has 2 aromatic rings. The third kappa shape index (κ3) is 1.34. The summed E-state index contributed by atoms with van der Waals surface area (Å²) in [6.45, 7) is 0. The van der Waals surface area contributed by atoms with E-state index in [1.807, 2.05) is 6.07 Å². The molecule has 1 aromatic carbocycles. The Bertz CT molecular complexity index is 523. The van der Waals surface area contributed by atoms with Gasteiger partial charge in [0.15, 0.2) is 0 Å². The van der Waals surface area contributed by atoms with Crippen molar-refractivity contribution in [3.8, 4) is 5.06 Å². The molecule has 0 aliphatic carbocycles. The lowest BCUT2D eigenvalue weighted by atomic mass is 10.2. The Morgan fingerprint density at radius 2 is 2.21 bits per heavy atom. The molecule has 6 heteroatoms. The molecule has 0 radical (unpaired) electrons. The fourth-order valence-electron chi connectivity index (χ4n) is 1.24. The lowest BCUT2D eigenvalue weighted by Crippen LogP contribution is -1.85. The molecule has 0 unspecified atom stereocenters. The minimum atomic E-state index is -0.551. The number of fused-ring (bicyclic) bond motifs is 1. The molecule has 0 aliphatic heterocycles. The second kappa shape index (κ2) is 3.35. The van der Waals surface area contributed by atoms with Crippen LogP contribution in [0.5, 0.6) is 5.06 Å². The number of nitrogens with zero attached hydrogens (tertiary/aromatic N) is 1. The maximum atomic E-state index is 10.7.